The van der Waals surface area contributed by atoms with Gasteiger partial charge in [-0.05, 0) is 12.1 Å². The van der Waals surface area contributed by atoms with Gasteiger partial charge >= 0.3 is 6.03 Å². The number of carbonyl (C=O) groups is 1. The highest BCUT2D eigenvalue weighted by Gasteiger charge is 2.22. The molecule has 1 aliphatic heterocycles. The summed E-state index contributed by atoms with van der Waals surface area (Å²) >= 11 is 3.13. The number of nitrogens with one attached hydrogen (secondary N) is 2. The van der Waals surface area contributed by atoms with Crippen LogP contribution in [0.5, 0.6) is 11.6 Å². The van der Waals surface area contributed by atoms with Crippen molar-refractivity contribution in [1.82, 2.24) is 9.97 Å². The Bertz CT molecular complexity index is 970. The molecule has 12 heteroatoms. The molecule has 1 aromatic heterocycles. The van der Waals surface area contributed by atoms with E-state index < -0.39 is 30.7 Å². The number of halogens is 2. The summed E-state index contributed by atoms with van der Waals surface area (Å²) in [6.07, 6.45) is -1.49. The lowest BCUT2D eigenvalue weighted by Crippen LogP contribution is -2.33. The number of hydrogen-bond acceptors (Lipinski definition) is 8. The van der Waals surface area contributed by atoms with Crippen LogP contribution in [0.25, 0.3) is 0 Å². The number of ether oxygens (including phenoxy) is 2. The summed E-state index contributed by atoms with van der Waals surface area (Å²) in [5.41, 5.74) is -0.140. The van der Waals surface area contributed by atoms with E-state index in [4.69, 9.17) is 14.7 Å². The molecule has 0 saturated heterocycles. The maximum atomic E-state index is 14.3. The van der Waals surface area contributed by atoms with Gasteiger partial charge in [0, 0.05) is 10.9 Å². The quantitative estimate of drug-likeness (QED) is 0.457. The fourth-order valence-corrected chi connectivity index (χ4v) is 2.86. The van der Waals surface area contributed by atoms with Crippen LogP contribution in [0.2, 0.25) is 0 Å². The third kappa shape index (κ3) is 5.08. The number of aromatic nitrogens is 2. The lowest BCUT2D eigenvalue weighted by atomic mass is 10.1. The summed E-state index contributed by atoms with van der Waals surface area (Å²) in [5.74, 6) is -1.27. The summed E-state index contributed by atoms with van der Waals surface area (Å²) < 4.78 is 25.3. The SMILES string of the molecule is N#Cc1ncc2nc1OCCC(O)C(O)COc1c(F)cc(Br)cc1NC(=O)N2. The van der Waals surface area contributed by atoms with E-state index in [0.717, 1.165) is 12.3 Å². The smallest absolute Gasteiger partial charge is 0.325 e. The van der Waals surface area contributed by atoms with Gasteiger partial charge in [-0.25, -0.2) is 14.2 Å². The van der Waals surface area contributed by atoms with Crippen LogP contribution in [-0.4, -0.2) is 51.6 Å². The number of amides is 2. The van der Waals surface area contributed by atoms with Crippen LogP contribution >= 0.6 is 15.9 Å². The van der Waals surface area contributed by atoms with Crippen molar-refractivity contribution >= 4 is 33.5 Å². The molecule has 10 nitrogen and oxygen atoms in total. The molecule has 4 N–H and O–H groups in total. The van der Waals surface area contributed by atoms with Crippen molar-refractivity contribution in [2.45, 2.75) is 18.6 Å². The Labute approximate surface area is 172 Å². The number of hydrogen-bond donors (Lipinski definition) is 4. The van der Waals surface area contributed by atoms with E-state index >= 15 is 0 Å². The average Bonchev–Trinajstić information content (AvgIpc) is 2.66. The van der Waals surface area contributed by atoms with Crippen molar-refractivity contribution in [3.05, 3.63) is 34.3 Å². The minimum absolute atomic E-state index is 0.0232. The van der Waals surface area contributed by atoms with Crippen LogP contribution in [0.3, 0.4) is 0 Å². The number of benzene rings is 1. The Morgan fingerprint density at radius 3 is 2.83 bits per heavy atom. The molecular formula is C17H15BrFN5O5. The molecule has 0 aliphatic carbocycles. The molecule has 2 aromatic rings. The van der Waals surface area contributed by atoms with Gasteiger partial charge < -0.3 is 25.0 Å². The minimum atomic E-state index is -1.36. The molecule has 2 atom stereocenters. The molecule has 2 unspecified atom stereocenters. The van der Waals surface area contributed by atoms with Crippen LogP contribution in [0, 0.1) is 17.1 Å². The van der Waals surface area contributed by atoms with Crippen LogP contribution < -0.4 is 20.1 Å². The van der Waals surface area contributed by atoms with Gasteiger partial charge in [0.2, 0.25) is 5.69 Å². The van der Waals surface area contributed by atoms with Crippen LogP contribution in [0.15, 0.2) is 22.8 Å². The summed E-state index contributed by atoms with van der Waals surface area (Å²) in [4.78, 5) is 20.2. The summed E-state index contributed by atoms with van der Waals surface area (Å²) in [5, 5.41) is 34.0. The zero-order chi connectivity index (χ0) is 21.0. The number of nitriles is 1. The second kappa shape index (κ2) is 8.99. The standard InChI is InChI=1S/C17H15BrFN5O5/c18-8-3-9(19)15-10(4-8)22-17(27)24-14-6-21-11(5-20)16(23-14)28-2-1-12(25)13(26)7-29-15/h3-4,6,12-13,25-26H,1-2,7H2,(H2,22,23,24,27). The van der Waals surface area contributed by atoms with E-state index in [1.165, 1.54) is 6.07 Å². The monoisotopic (exact) mass is 467 g/mol. The summed E-state index contributed by atoms with van der Waals surface area (Å²) in [6, 6.07) is 3.55. The normalized spacial score (nSPS) is 19.8. The molecule has 152 valence electrons. The Hall–Kier alpha value is -3.01. The van der Waals surface area contributed by atoms with E-state index in [1.54, 1.807) is 6.07 Å². The summed E-state index contributed by atoms with van der Waals surface area (Å²) in [7, 11) is 0. The Kier molecular flexibility index (Phi) is 6.42. The number of fused-ring (bicyclic) bond motifs is 3. The fraction of sp³-hybridized carbons (Fsp3) is 0.294. The average molecular weight is 468 g/mol. The lowest BCUT2D eigenvalue weighted by Gasteiger charge is -2.20. The maximum absolute atomic E-state index is 14.3. The van der Waals surface area contributed by atoms with E-state index in [9.17, 15) is 19.4 Å². The maximum Gasteiger partial charge on any atom is 0.325 e. The van der Waals surface area contributed by atoms with Crippen molar-refractivity contribution in [2.24, 2.45) is 0 Å². The molecule has 29 heavy (non-hydrogen) atoms. The van der Waals surface area contributed by atoms with Crippen molar-refractivity contribution in [2.75, 3.05) is 23.8 Å². The van der Waals surface area contributed by atoms with Crippen LogP contribution in [0.1, 0.15) is 12.1 Å². The van der Waals surface area contributed by atoms with Gasteiger partial charge in [-0.2, -0.15) is 10.2 Å². The minimum Gasteiger partial charge on any atom is -0.486 e. The lowest BCUT2D eigenvalue weighted by molar-refractivity contribution is -0.0175. The Morgan fingerprint density at radius 2 is 2.07 bits per heavy atom. The molecule has 2 heterocycles. The molecular weight excluding hydrogens is 453 g/mol. The number of aliphatic hydroxyl groups excluding tert-OH is 2. The van der Waals surface area contributed by atoms with Crippen molar-refractivity contribution < 1.29 is 28.9 Å². The first-order valence-electron chi connectivity index (χ1n) is 8.33. The largest absolute Gasteiger partial charge is 0.486 e. The van der Waals surface area contributed by atoms with Crippen LogP contribution in [-0.2, 0) is 0 Å². The van der Waals surface area contributed by atoms with E-state index in [2.05, 4.69) is 36.5 Å². The number of urea groups is 1. The van der Waals surface area contributed by atoms with Gasteiger partial charge in [0.25, 0.3) is 5.88 Å². The predicted molar refractivity (Wildman–Crippen MR) is 101 cm³/mol. The van der Waals surface area contributed by atoms with Gasteiger partial charge in [0.15, 0.2) is 17.4 Å². The number of rotatable bonds is 0. The topological polar surface area (TPSA) is 150 Å². The van der Waals surface area contributed by atoms with Gasteiger partial charge in [0.1, 0.15) is 18.8 Å². The van der Waals surface area contributed by atoms with Crippen molar-refractivity contribution in [3.8, 4) is 17.7 Å². The number of anilines is 2. The van der Waals surface area contributed by atoms with Crippen LogP contribution in [0.4, 0.5) is 20.7 Å². The fourth-order valence-electron chi connectivity index (χ4n) is 2.43. The molecule has 2 amide bonds. The molecule has 0 fully saturated rings. The molecule has 0 radical (unpaired) electrons. The first kappa shape index (κ1) is 20.7. The predicted octanol–water partition coefficient (Wildman–Crippen LogP) is 1.78. The second-order valence-corrected chi connectivity index (χ2v) is 6.86. The zero-order valence-corrected chi connectivity index (χ0v) is 16.3. The Balaban J connectivity index is 1.96. The van der Waals surface area contributed by atoms with E-state index in [1.807, 2.05) is 0 Å². The highest BCUT2D eigenvalue weighted by molar-refractivity contribution is 9.10. The van der Waals surface area contributed by atoms with Gasteiger partial charge in [-0.15, -0.1) is 0 Å². The first-order valence-corrected chi connectivity index (χ1v) is 9.12. The highest BCUT2D eigenvalue weighted by Crippen LogP contribution is 2.32. The molecule has 0 spiro atoms. The Morgan fingerprint density at radius 1 is 1.28 bits per heavy atom. The van der Waals surface area contributed by atoms with E-state index in [-0.39, 0.29) is 41.9 Å². The molecule has 1 aromatic carbocycles. The van der Waals surface area contributed by atoms with Gasteiger partial charge in [-0.3, -0.25) is 5.32 Å². The molecule has 3 rings (SSSR count). The van der Waals surface area contributed by atoms with Gasteiger partial charge in [0.05, 0.1) is 24.6 Å². The number of aliphatic hydroxyl groups is 2. The van der Waals surface area contributed by atoms with E-state index in [0.29, 0.717) is 4.47 Å². The molecule has 1 aliphatic rings. The number of nitrogens with zero attached hydrogens (tertiary/aromatic N) is 3. The first-order chi connectivity index (χ1) is 13.9. The molecule has 2 bridgehead atoms. The summed E-state index contributed by atoms with van der Waals surface area (Å²) in [6.45, 7) is -0.540. The van der Waals surface area contributed by atoms with Gasteiger partial charge in [-0.1, -0.05) is 15.9 Å². The van der Waals surface area contributed by atoms with Crippen molar-refractivity contribution in [1.29, 1.82) is 5.26 Å². The molecule has 0 saturated carbocycles. The van der Waals surface area contributed by atoms with Crippen molar-refractivity contribution in [3.63, 3.8) is 0 Å². The number of carbonyl (C=O) groups excluding carboxylic acids is 1. The second-order valence-electron chi connectivity index (χ2n) is 5.95. The third-order valence-corrected chi connectivity index (χ3v) is 4.30. The third-order valence-electron chi connectivity index (χ3n) is 3.84. The highest BCUT2D eigenvalue weighted by atomic mass is 79.9. The zero-order valence-electron chi connectivity index (χ0n) is 14.7.